The summed E-state index contributed by atoms with van der Waals surface area (Å²) >= 11 is 6.44. The first-order valence-electron chi connectivity index (χ1n) is 13.9. The van der Waals surface area contributed by atoms with Crippen LogP contribution in [0.1, 0.15) is 63.1 Å². The lowest BCUT2D eigenvalue weighted by Crippen LogP contribution is -2.36. The topological polar surface area (TPSA) is 114 Å². The van der Waals surface area contributed by atoms with Gasteiger partial charge in [-0.05, 0) is 75.8 Å². The van der Waals surface area contributed by atoms with Crippen molar-refractivity contribution in [1.82, 2.24) is 14.9 Å². The number of nitrogens with one attached hydrogen (secondary N) is 2. The summed E-state index contributed by atoms with van der Waals surface area (Å²) in [6.07, 6.45) is 4.18. The summed E-state index contributed by atoms with van der Waals surface area (Å²) in [5.74, 6) is 1.88. The second-order valence-electron chi connectivity index (χ2n) is 11.1. The second-order valence-corrected chi connectivity index (χ2v) is 14.0. The molecule has 3 heterocycles. The normalized spacial score (nSPS) is 17.3. The number of fused-ring (bicyclic) bond motifs is 1. The fourth-order valence-corrected chi connectivity index (χ4v) is 7.07. The van der Waals surface area contributed by atoms with E-state index < -0.39 is 15.1 Å². The summed E-state index contributed by atoms with van der Waals surface area (Å²) in [7, 11) is -3.54. The summed E-state index contributed by atoms with van der Waals surface area (Å²) in [5, 5.41) is 6.09. The molecular weight excluding hydrogens is 562 g/mol. The molecule has 2 N–H and O–H groups in total. The van der Waals surface area contributed by atoms with Crippen molar-refractivity contribution in [2.24, 2.45) is 0 Å². The maximum absolute atomic E-state index is 12.9. The van der Waals surface area contributed by atoms with E-state index in [1.807, 2.05) is 4.90 Å². The summed E-state index contributed by atoms with van der Waals surface area (Å²) in [6, 6.07) is 8.77. The standard InChI is InChI=1S/C30H36ClN5O4S/c1-17(2)41(38,39)26-9-7-6-8-24(26)33-29-23(31)16-32-30(35-29)34-25-14-18(3)27(22-15-19(4)40-28(22)25)21-10-12-36(13-11-21)20(5)37/h6-9,14,16-17,19,21H,10-13,15H2,1-5H3,(H2,32,33,34,35). The molecule has 0 spiro atoms. The third-order valence-corrected chi connectivity index (χ3v) is 10.3. The molecule has 1 fully saturated rings. The van der Waals surface area contributed by atoms with Gasteiger partial charge in [0.05, 0.1) is 27.7 Å². The fourth-order valence-electron chi connectivity index (χ4n) is 5.73. The first-order valence-corrected chi connectivity index (χ1v) is 15.9. The van der Waals surface area contributed by atoms with Crippen LogP contribution in [0.25, 0.3) is 0 Å². The van der Waals surface area contributed by atoms with Gasteiger partial charge in [-0.3, -0.25) is 4.79 Å². The van der Waals surface area contributed by atoms with E-state index in [9.17, 15) is 13.2 Å². The third kappa shape index (κ3) is 5.85. The van der Waals surface area contributed by atoms with Crippen LogP contribution >= 0.6 is 11.6 Å². The van der Waals surface area contributed by atoms with Gasteiger partial charge in [-0.1, -0.05) is 23.7 Å². The zero-order chi connectivity index (χ0) is 29.5. The minimum absolute atomic E-state index is 0.0335. The van der Waals surface area contributed by atoms with E-state index in [2.05, 4.69) is 40.5 Å². The Morgan fingerprint density at radius 1 is 1.15 bits per heavy atom. The maximum Gasteiger partial charge on any atom is 0.229 e. The van der Waals surface area contributed by atoms with Crippen LogP contribution in [-0.4, -0.2) is 53.6 Å². The molecule has 1 amide bonds. The largest absolute Gasteiger partial charge is 0.488 e. The Morgan fingerprint density at radius 3 is 2.54 bits per heavy atom. The Hall–Kier alpha value is -3.37. The molecule has 2 aromatic carbocycles. The zero-order valence-electron chi connectivity index (χ0n) is 24.0. The molecule has 0 bridgehead atoms. The molecular formula is C30H36ClN5O4S. The van der Waals surface area contributed by atoms with E-state index in [1.54, 1.807) is 45.0 Å². The number of anilines is 4. The molecule has 41 heavy (non-hydrogen) atoms. The van der Waals surface area contributed by atoms with E-state index in [1.165, 1.54) is 17.3 Å². The average Bonchev–Trinajstić information content (AvgIpc) is 3.32. The smallest absolute Gasteiger partial charge is 0.229 e. The fraction of sp³-hybridized carbons (Fsp3) is 0.433. The molecule has 1 saturated heterocycles. The number of carbonyl (C=O) groups is 1. The number of para-hydroxylation sites is 1. The molecule has 5 rings (SSSR count). The van der Waals surface area contributed by atoms with Gasteiger partial charge in [0, 0.05) is 32.0 Å². The van der Waals surface area contributed by atoms with Crippen molar-refractivity contribution in [3.63, 3.8) is 0 Å². The molecule has 2 aliphatic heterocycles. The Kier molecular flexibility index (Phi) is 8.16. The van der Waals surface area contributed by atoms with Crippen molar-refractivity contribution in [2.75, 3.05) is 23.7 Å². The minimum atomic E-state index is -3.54. The highest BCUT2D eigenvalue weighted by Crippen LogP contribution is 2.46. The Bertz CT molecular complexity index is 1590. The molecule has 218 valence electrons. The second kappa shape index (κ2) is 11.5. The summed E-state index contributed by atoms with van der Waals surface area (Å²) in [4.78, 5) is 22.9. The predicted octanol–water partition coefficient (Wildman–Crippen LogP) is 6.16. The van der Waals surface area contributed by atoms with Crippen molar-refractivity contribution in [3.8, 4) is 5.75 Å². The highest BCUT2D eigenvalue weighted by Gasteiger charge is 2.32. The number of piperidine rings is 1. The van der Waals surface area contributed by atoms with Crippen LogP contribution in [0.5, 0.6) is 5.75 Å². The number of hydrogen-bond donors (Lipinski definition) is 2. The number of nitrogens with zero attached hydrogens (tertiary/aromatic N) is 3. The lowest BCUT2D eigenvalue weighted by molar-refractivity contribution is -0.129. The molecule has 1 aromatic heterocycles. The van der Waals surface area contributed by atoms with E-state index >= 15 is 0 Å². The number of benzene rings is 2. The number of aromatic nitrogens is 2. The van der Waals surface area contributed by atoms with Crippen LogP contribution < -0.4 is 15.4 Å². The third-order valence-electron chi connectivity index (χ3n) is 7.85. The average molecular weight is 598 g/mol. The Balaban J connectivity index is 1.44. The molecule has 0 aliphatic carbocycles. The zero-order valence-corrected chi connectivity index (χ0v) is 25.6. The highest BCUT2D eigenvalue weighted by molar-refractivity contribution is 7.92. The van der Waals surface area contributed by atoms with E-state index in [0.717, 1.165) is 49.4 Å². The van der Waals surface area contributed by atoms with Crippen molar-refractivity contribution < 1.29 is 17.9 Å². The van der Waals surface area contributed by atoms with Gasteiger partial charge in [0.1, 0.15) is 16.9 Å². The molecule has 2 aliphatic rings. The molecule has 0 radical (unpaired) electrons. The van der Waals surface area contributed by atoms with Gasteiger partial charge in [0.2, 0.25) is 11.9 Å². The van der Waals surface area contributed by atoms with Crippen LogP contribution in [0.3, 0.4) is 0 Å². The Morgan fingerprint density at radius 2 is 1.85 bits per heavy atom. The molecule has 11 heteroatoms. The van der Waals surface area contributed by atoms with Crippen LogP contribution in [0.2, 0.25) is 5.02 Å². The number of amides is 1. The molecule has 1 atom stereocenters. The van der Waals surface area contributed by atoms with E-state index in [4.69, 9.17) is 16.3 Å². The van der Waals surface area contributed by atoms with Gasteiger partial charge in [-0.25, -0.2) is 13.4 Å². The number of aryl methyl sites for hydroxylation is 1. The van der Waals surface area contributed by atoms with Crippen molar-refractivity contribution in [3.05, 3.63) is 58.2 Å². The van der Waals surface area contributed by atoms with Crippen molar-refractivity contribution in [2.45, 2.75) is 76.0 Å². The first-order chi connectivity index (χ1) is 19.5. The summed E-state index contributed by atoms with van der Waals surface area (Å²) in [5.41, 5.74) is 4.83. The van der Waals surface area contributed by atoms with E-state index in [0.29, 0.717) is 17.6 Å². The number of sulfone groups is 1. The number of ether oxygens (including phenoxy) is 1. The lowest BCUT2D eigenvalue weighted by Gasteiger charge is -2.33. The van der Waals surface area contributed by atoms with Gasteiger partial charge < -0.3 is 20.3 Å². The van der Waals surface area contributed by atoms with Gasteiger partial charge >= 0.3 is 0 Å². The van der Waals surface area contributed by atoms with Gasteiger partial charge in [0.15, 0.2) is 15.7 Å². The highest BCUT2D eigenvalue weighted by atomic mass is 35.5. The summed E-state index contributed by atoms with van der Waals surface area (Å²) in [6.45, 7) is 10.6. The van der Waals surface area contributed by atoms with E-state index in [-0.39, 0.29) is 27.7 Å². The minimum Gasteiger partial charge on any atom is -0.488 e. The van der Waals surface area contributed by atoms with Crippen molar-refractivity contribution >= 4 is 50.5 Å². The SMILES string of the molecule is CC(=O)N1CCC(c2c(C)cc(Nc3ncc(Cl)c(Nc4ccccc4S(=O)(=O)C(C)C)n3)c3c2CC(C)O3)CC1. The number of carbonyl (C=O) groups excluding carboxylic acids is 1. The number of halogens is 1. The summed E-state index contributed by atoms with van der Waals surface area (Å²) < 4.78 is 32.2. The maximum atomic E-state index is 12.9. The lowest BCUT2D eigenvalue weighted by atomic mass is 9.82. The quantitative estimate of drug-likeness (QED) is 0.333. The number of likely N-dealkylation sites (tertiary alicyclic amines) is 1. The van der Waals surface area contributed by atoms with Crippen molar-refractivity contribution in [1.29, 1.82) is 0 Å². The van der Waals surface area contributed by atoms with Gasteiger partial charge in [0.25, 0.3) is 0 Å². The number of hydrogen-bond acceptors (Lipinski definition) is 8. The van der Waals surface area contributed by atoms with Crippen LogP contribution in [0, 0.1) is 6.92 Å². The van der Waals surface area contributed by atoms with Crippen LogP contribution in [0.15, 0.2) is 41.4 Å². The molecule has 9 nitrogen and oxygen atoms in total. The van der Waals surface area contributed by atoms with Gasteiger partial charge in [-0.2, -0.15) is 4.98 Å². The van der Waals surface area contributed by atoms with Crippen LogP contribution in [0.4, 0.5) is 23.1 Å². The molecule has 1 unspecified atom stereocenters. The monoisotopic (exact) mass is 597 g/mol. The van der Waals surface area contributed by atoms with Crippen LogP contribution in [-0.2, 0) is 21.1 Å². The first kappa shape index (κ1) is 29.1. The molecule has 0 saturated carbocycles. The Labute approximate surface area is 246 Å². The number of rotatable bonds is 7. The predicted molar refractivity (Wildman–Crippen MR) is 162 cm³/mol. The molecule has 3 aromatic rings. The van der Waals surface area contributed by atoms with Gasteiger partial charge in [-0.15, -0.1) is 0 Å².